The standard InChI is InChI=1S/C13H15FN2O4/c14-10-6-12(16(19)20)11(5-9(10)13(17)18)15-7-8-3-1-2-4-8/h5-6,8,15H,1-4,7H2,(H,17,18). The van der Waals surface area contributed by atoms with Crippen molar-refractivity contribution >= 4 is 17.3 Å². The Labute approximate surface area is 114 Å². The molecular weight excluding hydrogens is 267 g/mol. The first kappa shape index (κ1) is 14.2. The Hall–Kier alpha value is -2.18. The minimum Gasteiger partial charge on any atom is -0.478 e. The molecule has 1 aromatic carbocycles. The van der Waals surface area contributed by atoms with E-state index in [0.717, 1.165) is 31.7 Å². The van der Waals surface area contributed by atoms with Gasteiger partial charge in [-0.25, -0.2) is 9.18 Å². The number of rotatable bonds is 5. The Morgan fingerprint density at radius 1 is 1.45 bits per heavy atom. The molecule has 0 bridgehead atoms. The van der Waals surface area contributed by atoms with Crippen LogP contribution in [-0.4, -0.2) is 22.5 Å². The number of nitrogens with zero attached hydrogens (tertiary/aromatic N) is 1. The van der Waals surface area contributed by atoms with E-state index in [1.54, 1.807) is 0 Å². The second kappa shape index (κ2) is 5.85. The fraction of sp³-hybridized carbons (Fsp3) is 0.462. The van der Waals surface area contributed by atoms with E-state index in [9.17, 15) is 19.3 Å². The van der Waals surface area contributed by atoms with Gasteiger partial charge in [0.2, 0.25) is 0 Å². The molecule has 0 radical (unpaired) electrons. The van der Waals surface area contributed by atoms with Crippen LogP contribution in [0.15, 0.2) is 12.1 Å². The molecule has 20 heavy (non-hydrogen) atoms. The number of hydrogen-bond donors (Lipinski definition) is 2. The number of hydrogen-bond acceptors (Lipinski definition) is 4. The van der Waals surface area contributed by atoms with Gasteiger partial charge in [-0.05, 0) is 24.8 Å². The zero-order valence-corrected chi connectivity index (χ0v) is 10.8. The Kier molecular flexibility index (Phi) is 4.16. The molecule has 1 aromatic rings. The molecule has 0 spiro atoms. The van der Waals surface area contributed by atoms with Gasteiger partial charge in [0, 0.05) is 6.54 Å². The van der Waals surface area contributed by atoms with E-state index in [-0.39, 0.29) is 5.69 Å². The third-order valence-electron chi connectivity index (χ3n) is 3.57. The van der Waals surface area contributed by atoms with Crippen LogP contribution in [0.3, 0.4) is 0 Å². The first-order valence-corrected chi connectivity index (χ1v) is 6.44. The maximum absolute atomic E-state index is 13.5. The summed E-state index contributed by atoms with van der Waals surface area (Å²) >= 11 is 0. The number of nitrogens with one attached hydrogen (secondary N) is 1. The normalized spacial score (nSPS) is 15.2. The molecule has 0 unspecified atom stereocenters. The van der Waals surface area contributed by atoms with Crippen molar-refractivity contribution in [3.05, 3.63) is 33.6 Å². The SMILES string of the molecule is O=C(O)c1cc(NCC2CCCC2)c([N+](=O)[O-])cc1F. The molecule has 0 saturated heterocycles. The summed E-state index contributed by atoms with van der Waals surface area (Å²) < 4.78 is 13.5. The molecule has 1 fully saturated rings. The lowest BCUT2D eigenvalue weighted by Crippen LogP contribution is -2.13. The fourth-order valence-corrected chi connectivity index (χ4v) is 2.49. The van der Waals surface area contributed by atoms with E-state index in [1.807, 2.05) is 0 Å². The van der Waals surface area contributed by atoms with Crippen molar-refractivity contribution in [1.29, 1.82) is 0 Å². The van der Waals surface area contributed by atoms with Gasteiger partial charge < -0.3 is 10.4 Å². The highest BCUT2D eigenvalue weighted by atomic mass is 19.1. The number of halogens is 1. The summed E-state index contributed by atoms with van der Waals surface area (Å²) in [5.74, 6) is -2.12. The molecule has 7 heteroatoms. The van der Waals surface area contributed by atoms with Crippen molar-refractivity contribution in [2.24, 2.45) is 5.92 Å². The van der Waals surface area contributed by atoms with E-state index in [1.165, 1.54) is 0 Å². The summed E-state index contributed by atoms with van der Waals surface area (Å²) in [6.45, 7) is 0.533. The lowest BCUT2D eigenvalue weighted by molar-refractivity contribution is -0.384. The highest BCUT2D eigenvalue weighted by Gasteiger charge is 2.23. The van der Waals surface area contributed by atoms with Gasteiger partial charge in [-0.1, -0.05) is 12.8 Å². The van der Waals surface area contributed by atoms with E-state index < -0.39 is 28.0 Å². The van der Waals surface area contributed by atoms with Crippen LogP contribution in [0, 0.1) is 21.8 Å². The molecule has 0 aliphatic heterocycles. The summed E-state index contributed by atoms with van der Waals surface area (Å²) in [6.07, 6.45) is 4.37. The minimum atomic E-state index is -1.44. The lowest BCUT2D eigenvalue weighted by atomic mass is 10.1. The van der Waals surface area contributed by atoms with Gasteiger partial charge in [0.05, 0.1) is 16.6 Å². The highest BCUT2D eigenvalue weighted by Crippen LogP contribution is 2.30. The summed E-state index contributed by atoms with van der Waals surface area (Å²) in [5, 5.41) is 22.7. The van der Waals surface area contributed by atoms with Gasteiger partial charge in [-0.3, -0.25) is 10.1 Å². The average Bonchev–Trinajstić information content (AvgIpc) is 2.89. The molecule has 1 aliphatic rings. The monoisotopic (exact) mass is 282 g/mol. The van der Waals surface area contributed by atoms with Gasteiger partial charge in [0.1, 0.15) is 11.5 Å². The molecule has 0 atom stereocenters. The molecule has 0 heterocycles. The van der Waals surface area contributed by atoms with E-state index in [0.29, 0.717) is 18.5 Å². The van der Waals surface area contributed by atoms with Crippen LogP contribution in [0.4, 0.5) is 15.8 Å². The summed E-state index contributed by atoms with van der Waals surface area (Å²) in [4.78, 5) is 21.1. The second-order valence-corrected chi connectivity index (χ2v) is 4.94. The maximum Gasteiger partial charge on any atom is 0.338 e. The number of aromatic carboxylic acids is 1. The van der Waals surface area contributed by atoms with Crippen LogP contribution in [0.1, 0.15) is 36.0 Å². The van der Waals surface area contributed by atoms with Crippen LogP contribution in [0.2, 0.25) is 0 Å². The number of nitro groups is 1. The summed E-state index contributed by atoms with van der Waals surface area (Å²) in [7, 11) is 0. The minimum absolute atomic E-state index is 0.0562. The number of carboxylic acids is 1. The molecule has 0 aromatic heterocycles. The second-order valence-electron chi connectivity index (χ2n) is 4.94. The molecule has 1 aliphatic carbocycles. The fourth-order valence-electron chi connectivity index (χ4n) is 2.49. The zero-order chi connectivity index (χ0) is 14.7. The lowest BCUT2D eigenvalue weighted by Gasteiger charge is -2.12. The summed E-state index contributed by atoms with van der Waals surface area (Å²) in [5.41, 5.74) is -0.948. The van der Waals surface area contributed by atoms with Crippen LogP contribution in [-0.2, 0) is 0 Å². The van der Waals surface area contributed by atoms with E-state index >= 15 is 0 Å². The van der Waals surface area contributed by atoms with Crippen LogP contribution in [0.25, 0.3) is 0 Å². The van der Waals surface area contributed by atoms with Gasteiger partial charge in [0.15, 0.2) is 0 Å². The number of carboxylic acid groups (broad SMARTS) is 1. The van der Waals surface area contributed by atoms with Crippen molar-refractivity contribution in [2.75, 3.05) is 11.9 Å². The number of benzene rings is 1. The van der Waals surface area contributed by atoms with Gasteiger partial charge in [0.25, 0.3) is 5.69 Å². The Morgan fingerprint density at radius 3 is 2.65 bits per heavy atom. The largest absolute Gasteiger partial charge is 0.478 e. The molecular formula is C13H15FN2O4. The maximum atomic E-state index is 13.5. The predicted molar refractivity (Wildman–Crippen MR) is 70.5 cm³/mol. The third-order valence-corrected chi connectivity index (χ3v) is 3.57. The van der Waals surface area contributed by atoms with Crippen molar-refractivity contribution < 1.29 is 19.2 Å². The molecule has 108 valence electrons. The molecule has 1 saturated carbocycles. The predicted octanol–water partition coefficient (Wildman–Crippen LogP) is 3.03. The smallest absolute Gasteiger partial charge is 0.338 e. The van der Waals surface area contributed by atoms with Crippen LogP contribution < -0.4 is 5.32 Å². The van der Waals surface area contributed by atoms with Crippen LogP contribution >= 0.6 is 0 Å². The number of anilines is 1. The van der Waals surface area contributed by atoms with Crippen molar-refractivity contribution in [1.82, 2.24) is 0 Å². The Bertz CT molecular complexity index is 541. The Morgan fingerprint density at radius 2 is 2.10 bits per heavy atom. The molecule has 2 rings (SSSR count). The molecule has 6 nitrogen and oxygen atoms in total. The number of nitro benzene ring substituents is 1. The van der Waals surface area contributed by atoms with Gasteiger partial charge >= 0.3 is 5.97 Å². The van der Waals surface area contributed by atoms with Crippen molar-refractivity contribution in [2.45, 2.75) is 25.7 Å². The van der Waals surface area contributed by atoms with Gasteiger partial charge in [-0.2, -0.15) is 0 Å². The average molecular weight is 282 g/mol. The summed E-state index contributed by atoms with van der Waals surface area (Å²) in [6, 6.07) is 1.64. The molecule has 0 amide bonds. The first-order valence-electron chi connectivity index (χ1n) is 6.44. The van der Waals surface area contributed by atoms with Crippen molar-refractivity contribution in [3.63, 3.8) is 0 Å². The topological polar surface area (TPSA) is 92.5 Å². The van der Waals surface area contributed by atoms with Gasteiger partial charge in [-0.15, -0.1) is 0 Å². The Balaban J connectivity index is 2.25. The van der Waals surface area contributed by atoms with E-state index in [4.69, 9.17) is 5.11 Å². The third kappa shape index (κ3) is 3.04. The zero-order valence-electron chi connectivity index (χ0n) is 10.8. The van der Waals surface area contributed by atoms with E-state index in [2.05, 4.69) is 5.32 Å². The molecule has 2 N–H and O–H groups in total. The van der Waals surface area contributed by atoms with Crippen LogP contribution in [0.5, 0.6) is 0 Å². The highest BCUT2D eigenvalue weighted by molar-refractivity contribution is 5.90. The number of carbonyl (C=O) groups is 1. The quantitative estimate of drug-likeness (QED) is 0.639. The van der Waals surface area contributed by atoms with Crippen molar-refractivity contribution in [3.8, 4) is 0 Å². The first-order chi connectivity index (χ1) is 9.49.